The number of nitrogens with one attached hydrogen (secondary N) is 1. The predicted molar refractivity (Wildman–Crippen MR) is 86.1 cm³/mol. The summed E-state index contributed by atoms with van der Waals surface area (Å²) in [5.74, 6) is 1.85. The van der Waals surface area contributed by atoms with Gasteiger partial charge in [-0.15, -0.1) is 0 Å². The first-order chi connectivity index (χ1) is 10.4. The van der Waals surface area contributed by atoms with Gasteiger partial charge in [0.1, 0.15) is 18.2 Å². The van der Waals surface area contributed by atoms with Crippen molar-refractivity contribution in [2.75, 3.05) is 19.7 Å². The zero-order valence-corrected chi connectivity index (χ0v) is 12.1. The van der Waals surface area contributed by atoms with Crippen molar-refractivity contribution < 1.29 is 4.74 Å². The molecular weight excluding hydrogens is 260 g/mol. The van der Waals surface area contributed by atoms with E-state index >= 15 is 0 Å². The highest BCUT2D eigenvalue weighted by molar-refractivity contribution is 5.84. The molecule has 1 heterocycles. The summed E-state index contributed by atoms with van der Waals surface area (Å²) in [6.45, 7) is 2.32. The molecule has 2 aromatic rings. The van der Waals surface area contributed by atoms with Crippen LogP contribution < -0.4 is 10.1 Å². The molecular formula is C18H20N2O. The van der Waals surface area contributed by atoms with Gasteiger partial charge >= 0.3 is 0 Å². The van der Waals surface area contributed by atoms with Crippen molar-refractivity contribution in [1.82, 2.24) is 5.32 Å². The van der Waals surface area contributed by atoms with Crippen LogP contribution in [0.3, 0.4) is 0 Å². The summed E-state index contributed by atoms with van der Waals surface area (Å²) in [6, 6.07) is 18.9. The van der Waals surface area contributed by atoms with E-state index in [1.54, 1.807) is 0 Å². The zero-order chi connectivity index (χ0) is 14.3. The van der Waals surface area contributed by atoms with E-state index in [2.05, 4.69) is 52.8 Å². The lowest BCUT2D eigenvalue weighted by Crippen LogP contribution is -2.24. The Bertz CT molecular complexity index is 590. The minimum absolute atomic E-state index is 0.531. The number of amidine groups is 1. The molecule has 0 unspecified atom stereocenters. The Kier molecular flexibility index (Phi) is 4.52. The molecule has 108 valence electrons. The first kappa shape index (κ1) is 13.7. The van der Waals surface area contributed by atoms with Crippen LogP contribution in [-0.2, 0) is 12.8 Å². The second-order valence-electron chi connectivity index (χ2n) is 5.17. The van der Waals surface area contributed by atoms with Crippen molar-refractivity contribution in [3.63, 3.8) is 0 Å². The van der Waals surface area contributed by atoms with Gasteiger partial charge in [-0.2, -0.15) is 0 Å². The number of nitrogens with zero attached hydrogens (tertiary/aromatic N) is 1. The lowest BCUT2D eigenvalue weighted by atomic mass is 10.0. The number of rotatable bonds is 6. The van der Waals surface area contributed by atoms with Crippen molar-refractivity contribution in [2.24, 2.45) is 4.99 Å². The summed E-state index contributed by atoms with van der Waals surface area (Å²) in [6.07, 6.45) is 2.13. The zero-order valence-electron chi connectivity index (χ0n) is 12.1. The second-order valence-corrected chi connectivity index (χ2v) is 5.17. The maximum Gasteiger partial charge on any atom is 0.145 e. The predicted octanol–water partition coefficient (Wildman–Crippen LogP) is 2.85. The van der Waals surface area contributed by atoms with Crippen LogP contribution in [-0.4, -0.2) is 25.5 Å². The summed E-state index contributed by atoms with van der Waals surface area (Å²) in [5, 5.41) is 3.20. The molecule has 3 nitrogen and oxygen atoms in total. The Morgan fingerprint density at radius 1 is 0.905 bits per heavy atom. The van der Waals surface area contributed by atoms with E-state index in [-0.39, 0.29) is 0 Å². The fourth-order valence-electron chi connectivity index (χ4n) is 2.38. The number of aryl methyl sites for hydroxylation is 2. The van der Waals surface area contributed by atoms with Crippen LogP contribution in [0.15, 0.2) is 59.6 Å². The number of ether oxygens (including phenoxy) is 1. The molecule has 21 heavy (non-hydrogen) atoms. The van der Waals surface area contributed by atoms with Crippen LogP contribution in [0.4, 0.5) is 0 Å². The van der Waals surface area contributed by atoms with Gasteiger partial charge in [0, 0.05) is 6.54 Å². The fourth-order valence-corrected chi connectivity index (χ4v) is 2.38. The third kappa shape index (κ3) is 4.09. The smallest absolute Gasteiger partial charge is 0.145 e. The molecule has 0 spiro atoms. The van der Waals surface area contributed by atoms with Gasteiger partial charge in [-0.3, -0.25) is 4.99 Å². The largest absolute Gasteiger partial charge is 0.486 e. The fraction of sp³-hybridized carbons (Fsp3) is 0.278. The van der Waals surface area contributed by atoms with Crippen LogP contribution >= 0.6 is 0 Å². The lowest BCUT2D eigenvalue weighted by molar-refractivity contribution is 0.373. The number of benzene rings is 2. The summed E-state index contributed by atoms with van der Waals surface area (Å²) >= 11 is 0. The minimum Gasteiger partial charge on any atom is -0.486 e. The van der Waals surface area contributed by atoms with Crippen molar-refractivity contribution in [2.45, 2.75) is 12.8 Å². The van der Waals surface area contributed by atoms with E-state index in [9.17, 15) is 0 Å². The number of hydrogen-bond donors (Lipinski definition) is 1. The van der Waals surface area contributed by atoms with Crippen molar-refractivity contribution in [3.05, 3.63) is 65.7 Å². The number of aliphatic imine (C=N–C) groups is 1. The van der Waals surface area contributed by atoms with Crippen molar-refractivity contribution in [1.29, 1.82) is 0 Å². The van der Waals surface area contributed by atoms with Crippen LogP contribution in [0.25, 0.3) is 0 Å². The van der Waals surface area contributed by atoms with E-state index in [4.69, 9.17) is 4.74 Å². The van der Waals surface area contributed by atoms with Gasteiger partial charge in [0.2, 0.25) is 0 Å². The van der Waals surface area contributed by atoms with E-state index in [0.717, 1.165) is 37.5 Å². The molecule has 0 saturated heterocycles. The van der Waals surface area contributed by atoms with Gasteiger partial charge in [-0.25, -0.2) is 0 Å². The first-order valence-electron chi connectivity index (χ1n) is 7.43. The SMILES string of the molecule is c1ccc(CCc2ccc(OCC3=NCCN3)cc2)cc1. The topological polar surface area (TPSA) is 33.6 Å². The van der Waals surface area contributed by atoms with E-state index in [1.165, 1.54) is 11.1 Å². The lowest BCUT2D eigenvalue weighted by Gasteiger charge is -2.08. The Hall–Kier alpha value is -2.29. The average Bonchev–Trinajstić information content (AvgIpc) is 3.06. The molecule has 1 aliphatic heterocycles. The van der Waals surface area contributed by atoms with Gasteiger partial charge in [-0.1, -0.05) is 42.5 Å². The highest BCUT2D eigenvalue weighted by Gasteiger charge is 2.05. The first-order valence-corrected chi connectivity index (χ1v) is 7.43. The summed E-state index contributed by atoms with van der Waals surface area (Å²) < 4.78 is 5.71. The highest BCUT2D eigenvalue weighted by Crippen LogP contribution is 2.14. The van der Waals surface area contributed by atoms with Crippen LogP contribution in [0, 0.1) is 0 Å². The van der Waals surface area contributed by atoms with Gasteiger partial charge in [0.05, 0.1) is 6.54 Å². The van der Waals surface area contributed by atoms with Crippen LogP contribution in [0.5, 0.6) is 5.75 Å². The summed E-state index contributed by atoms with van der Waals surface area (Å²) in [4.78, 5) is 4.31. The quantitative estimate of drug-likeness (QED) is 0.882. The molecule has 1 aliphatic rings. The molecule has 0 fully saturated rings. The summed E-state index contributed by atoms with van der Waals surface area (Å²) in [5.41, 5.74) is 2.71. The van der Waals surface area contributed by atoms with Gasteiger partial charge in [-0.05, 0) is 36.1 Å². The molecule has 0 amide bonds. The molecule has 0 aromatic heterocycles. The molecule has 2 aromatic carbocycles. The molecule has 0 saturated carbocycles. The van der Waals surface area contributed by atoms with Crippen molar-refractivity contribution >= 4 is 5.84 Å². The van der Waals surface area contributed by atoms with E-state index in [1.807, 2.05) is 12.1 Å². The summed E-state index contributed by atoms with van der Waals surface area (Å²) in [7, 11) is 0. The standard InChI is InChI=1S/C18H20N2O/c1-2-4-15(5-3-1)6-7-16-8-10-17(11-9-16)21-14-18-19-12-13-20-18/h1-5,8-11H,6-7,12-14H2,(H,19,20). The van der Waals surface area contributed by atoms with E-state index in [0.29, 0.717) is 6.61 Å². The Morgan fingerprint density at radius 2 is 1.62 bits per heavy atom. The normalized spacial score (nSPS) is 13.6. The monoisotopic (exact) mass is 280 g/mol. The third-order valence-corrected chi connectivity index (χ3v) is 3.59. The Morgan fingerprint density at radius 3 is 2.29 bits per heavy atom. The van der Waals surface area contributed by atoms with Gasteiger partial charge in [0.25, 0.3) is 0 Å². The van der Waals surface area contributed by atoms with Crippen LogP contribution in [0.2, 0.25) is 0 Å². The molecule has 0 radical (unpaired) electrons. The number of hydrogen-bond acceptors (Lipinski definition) is 3. The molecule has 1 N–H and O–H groups in total. The molecule has 3 rings (SSSR count). The average molecular weight is 280 g/mol. The maximum atomic E-state index is 5.71. The van der Waals surface area contributed by atoms with Crippen molar-refractivity contribution in [3.8, 4) is 5.75 Å². The molecule has 0 bridgehead atoms. The highest BCUT2D eigenvalue weighted by atomic mass is 16.5. The second kappa shape index (κ2) is 6.93. The Labute approximate surface area is 125 Å². The third-order valence-electron chi connectivity index (χ3n) is 3.59. The maximum absolute atomic E-state index is 5.71. The molecule has 0 aliphatic carbocycles. The van der Waals surface area contributed by atoms with E-state index < -0.39 is 0 Å². The minimum atomic E-state index is 0.531. The van der Waals surface area contributed by atoms with Gasteiger partial charge in [0.15, 0.2) is 0 Å². The molecule has 0 atom stereocenters. The van der Waals surface area contributed by atoms with Gasteiger partial charge < -0.3 is 10.1 Å². The van der Waals surface area contributed by atoms with Crippen LogP contribution in [0.1, 0.15) is 11.1 Å². The molecule has 3 heteroatoms. The Balaban J connectivity index is 1.49.